The topological polar surface area (TPSA) is 125 Å². The van der Waals surface area contributed by atoms with Crippen molar-refractivity contribution in [3.63, 3.8) is 0 Å². The van der Waals surface area contributed by atoms with Crippen molar-refractivity contribution in [2.45, 2.75) is 39.7 Å². The number of esters is 1. The summed E-state index contributed by atoms with van der Waals surface area (Å²) in [5, 5.41) is 25.5. The third-order valence-electron chi connectivity index (χ3n) is 3.79. The lowest BCUT2D eigenvalue weighted by atomic mass is 10.1. The van der Waals surface area contributed by atoms with Crippen LogP contribution in [0.5, 0.6) is 5.75 Å². The molecule has 0 amide bonds. The first-order valence-corrected chi connectivity index (χ1v) is 8.71. The Bertz CT molecular complexity index is 918. The van der Waals surface area contributed by atoms with E-state index in [0.29, 0.717) is 0 Å². The van der Waals surface area contributed by atoms with Gasteiger partial charge in [-0.1, -0.05) is 26.0 Å². The fraction of sp³-hybridized carbons (Fsp3) is 0.389. The monoisotopic (exact) mass is 375 g/mol. The molecule has 1 aliphatic carbocycles. The number of hydrogen-bond donors (Lipinski definition) is 1. The van der Waals surface area contributed by atoms with E-state index in [1.54, 1.807) is 6.92 Å². The normalized spacial score (nSPS) is 12.7. The minimum absolute atomic E-state index is 0.0373. The molecule has 0 saturated heterocycles. The highest BCUT2D eigenvalue weighted by Crippen LogP contribution is 2.36. The minimum atomic E-state index is -0.950. The van der Waals surface area contributed by atoms with E-state index < -0.39 is 27.8 Å². The summed E-state index contributed by atoms with van der Waals surface area (Å²) < 4.78 is 5.99. The zero-order valence-electron chi connectivity index (χ0n) is 15.3. The lowest BCUT2D eigenvalue weighted by molar-refractivity contribution is -0.384. The van der Waals surface area contributed by atoms with Gasteiger partial charge in [0.05, 0.1) is 17.6 Å². The SMILES string of the molecule is CC.CCOC(=O)c1c(O)c(-c2cccc([N+](=O)[O-])c2)nn(C2CC2)c1=O. The molecular weight excluding hydrogens is 354 g/mol. The molecule has 1 saturated carbocycles. The molecule has 1 heterocycles. The van der Waals surface area contributed by atoms with Gasteiger partial charge in [-0.3, -0.25) is 14.9 Å². The second-order valence-electron chi connectivity index (χ2n) is 5.58. The highest BCUT2D eigenvalue weighted by Gasteiger charge is 2.32. The Labute approximate surface area is 155 Å². The van der Waals surface area contributed by atoms with E-state index in [9.17, 15) is 24.8 Å². The van der Waals surface area contributed by atoms with E-state index >= 15 is 0 Å². The fourth-order valence-corrected chi connectivity index (χ4v) is 2.45. The molecule has 0 spiro atoms. The average molecular weight is 375 g/mol. The molecule has 1 aromatic heterocycles. The van der Waals surface area contributed by atoms with Crippen molar-refractivity contribution in [3.8, 4) is 17.0 Å². The third kappa shape index (κ3) is 4.13. The van der Waals surface area contributed by atoms with Crippen LogP contribution in [0.1, 0.15) is 50.0 Å². The molecule has 0 unspecified atom stereocenters. The van der Waals surface area contributed by atoms with Crippen LogP contribution in [0, 0.1) is 10.1 Å². The molecule has 1 fully saturated rings. The highest BCUT2D eigenvalue weighted by atomic mass is 16.6. The van der Waals surface area contributed by atoms with E-state index in [-0.39, 0.29) is 29.6 Å². The summed E-state index contributed by atoms with van der Waals surface area (Å²) in [6.07, 6.45) is 1.46. The maximum absolute atomic E-state index is 12.5. The molecule has 9 nitrogen and oxygen atoms in total. The van der Waals surface area contributed by atoms with Crippen LogP contribution in [0.4, 0.5) is 5.69 Å². The quantitative estimate of drug-likeness (QED) is 0.484. The summed E-state index contributed by atoms with van der Waals surface area (Å²) in [6, 6.07) is 5.30. The lowest BCUT2D eigenvalue weighted by Crippen LogP contribution is -2.29. The largest absolute Gasteiger partial charge is 0.505 e. The number of ether oxygens (including phenoxy) is 1. The second-order valence-corrected chi connectivity index (χ2v) is 5.58. The van der Waals surface area contributed by atoms with Gasteiger partial charge in [0.2, 0.25) is 0 Å². The molecule has 0 atom stereocenters. The van der Waals surface area contributed by atoms with Crippen LogP contribution in [0.25, 0.3) is 11.3 Å². The van der Waals surface area contributed by atoms with Gasteiger partial charge in [-0.05, 0) is 19.8 Å². The van der Waals surface area contributed by atoms with Gasteiger partial charge in [-0.15, -0.1) is 0 Å². The van der Waals surface area contributed by atoms with Crippen LogP contribution in [-0.2, 0) is 4.74 Å². The third-order valence-corrected chi connectivity index (χ3v) is 3.79. The van der Waals surface area contributed by atoms with Gasteiger partial charge in [-0.2, -0.15) is 5.10 Å². The van der Waals surface area contributed by atoms with E-state index in [2.05, 4.69) is 5.10 Å². The van der Waals surface area contributed by atoms with E-state index in [4.69, 9.17) is 4.74 Å². The number of nitro groups is 1. The second kappa shape index (κ2) is 8.43. The zero-order chi connectivity index (χ0) is 20.1. The summed E-state index contributed by atoms with van der Waals surface area (Å²) in [5.74, 6) is -1.59. The Kier molecular flexibility index (Phi) is 6.27. The van der Waals surface area contributed by atoms with Gasteiger partial charge < -0.3 is 9.84 Å². The molecule has 0 bridgehead atoms. The lowest BCUT2D eigenvalue weighted by Gasteiger charge is -2.12. The standard InChI is InChI=1S/C16H15N3O6.C2H6/c1-2-25-16(22)12-14(20)13(17-18(15(12)21)10-6-7-10)9-4-3-5-11(8-9)19(23)24;1-2/h3-5,8,10,20H,2,6-7H2,1H3;1-2H3. The molecule has 1 aromatic carbocycles. The molecule has 0 radical (unpaired) electrons. The zero-order valence-corrected chi connectivity index (χ0v) is 15.3. The smallest absolute Gasteiger partial charge is 0.347 e. The van der Waals surface area contributed by atoms with Crippen molar-refractivity contribution in [3.05, 3.63) is 50.3 Å². The number of carbonyl (C=O) groups is 1. The van der Waals surface area contributed by atoms with Crippen molar-refractivity contribution in [2.75, 3.05) is 6.61 Å². The van der Waals surface area contributed by atoms with Crippen molar-refractivity contribution in [1.29, 1.82) is 0 Å². The molecule has 1 aliphatic rings. The molecule has 2 aromatic rings. The van der Waals surface area contributed by atoms with Crippen molar-refractivity contribution in [2.24, 2.45) is 0 Å². The summed E-state index contributed by atoms with van der Waals surface area (Å²) in [5.41, 5.74) is -1.27. The summed E-state index contributed by atoms with van der Waals surface area (Å²) in [4.78, 5) is 35.0. The Morgan fingerprint density at radius 2 is 2.07 bits per heavy atom. The van der Waals surface area contributed by atoms with Crippen LogP contribution >= 0.6 is 0 Å². The molecular formula is C18H21N3O6. The first-order valence-electron chi connectivity index (χ1n) is 8.71. The van der Waals surface area contributed by atoms with Gasteiger partial charge in [-0.25, -0.2) is 9.48 Å². The van der Waals surface area contributed by atoms with E-state index in [0.717, 1.165) is 17.5 Å². The minimum Gasteiger partial charge on any atom is -0.505 e. The van der Waals surface area contributed by atoms with Crippen LogP contribution < -0.4 is 5.56 Å². The predicted molar refractivity (Wildman–Crippen MR) is 97.8 cm³/mol. The van der Waals surface area contributed by atoms with Gasteiger partial charge >= 0.3 is 5.97 Å². The summed E-state index contributed by atoms with van der Waals surface area (Å²) >= 11 is 0. The molecule has 1 N–H and O–H groups in total. The summed E-state index contributed by atoms with van der Waals surface area (Å²) in [6.45, 7) is 5.62. The Hall–Kier alpha value is -3.23. The van der Waals surface area contributed by atoms with Crippen LogP contribution in [0.2, 0.25) is 0 Å². The average Bonchev–Trinajstić information content (AvgIpc) is 3.49. The molecule has 9 heteroatoms. The number of nitrogens with zero attached hydrogens (tertiary/aromatic N) is 3. The van der Waals surface area contributed by atoms with Gasteiger partial charge in [0.1, 0.15) is 5.69 Å². The Morgan fingerprint density at radius 1 is 1.41 bits per heavy atom. The van der Waals surface area contributed by atoms with Crippen molar-refractivity contribution < 1.29 is 19.6 Å². The van der Waals surface area contributed by atoms with E-state index in [1.807, 2.05) is 13.8 Å². The van der Waals surface area contributed by atoms with Crippen LogP contribution in [-0.4, -0.2) is 32.4 Å². The fourth-order valence-electron chi connectivity index (χ4n) is 2.45. The Morgan fingerprint density at radius 3 is 2.63 bits per heavy atom. The Balaban J connectivity index is 0.00000126. The molecule has 0 aliphatic heterocycles. The van der Waals surface area contributed by atoms with E-state index in [1.165, 1.54) is 24.3 Å². The maximum atomic E-state index is 12.5. The van der Waals surface area contributed by atoms with Gasteiger partial charge in [0.15, 0.2) is 11.3 Å². The number of non-ortho nitro benzene ring substituents is 1. The molecule has 3 rings (SSSR count). The van der Waals surface area contributed by atoms with Crippen LogP contribution in [0.15, 0.2) is 29.1 Å². The predicted octanol–water partition coefficient (Wildman–Crippen LogP) is 3.06. The van der Waals surface area contributed by atoms with Crippen molar-refractivity contribution in [1.82, 2.24) is 9.78 Å². The number of rotatable bonds is 5. The molecule has 144 valence electrons. The van der Waals surface area contributed by atoms with Crippen LogP contribution in [0.3, 0.4) is 0 Å². The first-order chi connectivity index (χ1) is 12.9. The molecule has 27 heavy (non-hydrogen) atoms. The van der Waals surface area contributed by atoms with Gasteiger partial charge in [0.25, 0.3) is 11.2 Å². The number of benzene rings is 1. The first kappa shape index (κ1) is 20.1. The number of hydrogen-bond acceptors (Lipinski definition) is 7. The van der Waals surface area contributed by atoms with Gasteiger partial charge in [0, 0.05) is 17.7 Å². The number of carbonyl (C=O) groups excluding carboxylic acids is 1. The number of nitro benzene ring substituents is 1. The maximum Gasteiger partial charge on any atom is 0.347 e. The number of aromatic nitrogens is 2. The summed E-state index contributed by atoms with van der Waals surface area (Å²) in [7, 11) is 0. The highest BCUT2D eigenvalue weighted by molar-refractivity contribution is 5.94. The number of aromatic hydroxyl groups is 1. The van der Waals surface area contributed by atoms with Crippen molar-refractivity contribution >= 4 is 11.7 Å².